The smallest absolute Gasteiger partial charge is 0.337 e. The topological polar surface area (TPSA) is 101 Å². The number of para-hydroxylation sites is 1. The maximum atomic E-state index is 11.7. The van der Waals surface area contributed by atoms with E-state index in [1.54, 1.807) is 35.2 Å². The molecule has 1 saturated heterocycles. The first-order valence-electron chi connectivity index (χ1n) is 8.27. The van der Waals surface area contributed by atoms with Crippen LogP contribution in [0.1, 0.15) is 35.8 Å². The number of carboxylic acids is 1. The number of hydrogen-bond acceptors (Lipinski definition) is 4. The van der Waals surface area contributed by atoms with Gasteiger partial charge in [-0.15, -0.1) is 0 Å². The summed E-state index contributed by atoms with van der Waals surface area (Å²) in [6.07, 6.45) is 5.17. The minimum Gasteiger partial charge on any atom is -0.478 e. The number of primary amides is 1. The molecule has 0 radical (unpaired) electrons. The van der Waals surface area contributed by atoms with E-state index in [9.17, 15) is 14.7 Å². The first-order chi connectivity index (χ1) is 11.9. The van der Waals surface area contributed by atoms with Crippen molar-refractivity contribution in [1.29, 1.82) is 0 Å². The lowest BCUT2D eigenvalue weighted by Crippen LogP contribution is -2.48. The largest absolute Gasteiger partial charge is 0.478 e. The second kappa shape index (κ2) is 6.68. The van der Waals surface area contributed by atoms with Gasteiger partial charge < -0.3 is 15.4 Å². The van der Waals surface area contributed by atoms with Crippen LogP contribution >= 0.6 is 0 Å². The predicted octanol–water partition coefficient (Wildman–Crippen LogP) is 1.66. The van der Waals surface area contributed by atoms with Crippen molar-refractivity contribution in [3.63, 3.8) is 0 Å². The minimum atomic E-state index is -0.973. The van der Waals surface area contributed by atoms with Crippen LogP contribution in [0.3, 0.4) is 0 Å². The molecule has 7 heteroatoms. The molecule has 1 fully saturated rings. The number of aromatic nitrogens is 2. The van der Waals surface area contributed by atoms with Crippen LogP contribution in [-0.4, -0.2) is 44.5 Å². The van der Waals surface area contributed by atoms with Gasteiger partial charge in [0, 0.05) is 19.3 Å². The number of piperidine rings is 1. The van der Waals surface area contributed by atoms with Gasteiger partial charge in [0.05, 0.1) is 28.7 Å². The van der Waals surface area contributed by atoms with Crippen molar-refractivity contribution in [2.45, 2.75) is 26.3 Å². The predicted molar refractivity (Wildman–Crippen MR) is 92.3 cm³/mol. The second-order valence-electron chi connectivity index (χ2n) is 6.83. The normalized spacial score (nSPS) is 21.2. The third-order valence-corrected chi connectivity index (χ3v) is 4.80. The highest BCUT2D eigenvalue weighted by atomic mass is 16.4. The number of rotatable bonds is 5. The van der Waals surface area contributed by atoms with Crippen LogP contribution < -0.4 is 5.73 Å². The first-order valence-corrected chi connectivity index (χ1v) is 8.27. The zero-order valence-electron chi connectivity index (χ0n) is 14.2. The van der Waals surface area contributed by atoms with E-state index in [1.807, 2.05) is 13.1 Å². The molecule has 7 nitrogen and oxygen atoms in total. The zero-order chi connectivity index (χ0) is 18.0. The van der Waals surface area contributed by atoms with Gasteiger partial charge in [0.1, 0.15) is 0 Å². The van der Waals surface area contributed by atoms with Crippen molar-refractivity contribution in [1.82, 2.24) is 14.5 Å². The van der Waals surface area contributed by atoms with Crippen LogP contribution in [0.5, 0.6) is 0 Å². The monoisotopic (exact) mass is 342 g/mol. The summed E-state index contributed by atoms with van der Waals surface area (Å²) in [5.41, 5.74) is 6.67. The Kier molecular flexibility index (Phi) is 4.59. The highest BCUT2D eigenvalue weighted by Crippen LogP contribution is 2.29. The lowest BCUT2D eigenvalue weighted by Gasteiger charge is -2.37. The Bertz CT molecular complexity index is 801. The Hall–Kier alpha value is -2.67. The summed E-state index contributed by atoms with van der Waals surface area (Å²) in [4.78, 5) is 29.6. The Balaban J connectivity index is 1.77. The molecular formula is C18H22N4O3. The summed E-state index contributed by atoms with van der Waals surface area (Å²) in [5.74, 6) is -1.24. The summed E-state index contributed by atoms with van der Waals surface area (Å²) in [6.45, 7) is 4.01. The molecule has 1 aliphatic heterocycles. The lowest BCUT2D eigenvalue weighted by molar-refractivity contribution is -0.129. The molecule has 1 amide bonds. The average Bonchev–Trinajstić information content (AvgIpc) is 3.03. The fourth-order valence-electron chi connectivity index (χ4n) is 3.37. The standard InChI is InChI=1S/C18H22N4O3/c1-18(17(19)25)7-4-8-21(11-18)9-13-10-22(12-20-13)15-6-3-2-5-14(15)16(23)24/h2-3,5-6,10,12H,4,7-9,11H2,1H3,(H2,19,25)(H,23,24)/t18-/m1/s1. The second-order valence-corrected chi connectivity index (χ2v) is 6.83. The average molecular weight is 342 g/mol. The number of benzene rings is 1. The molecule has 1 aromatic carbocycles. The third kappa shape index (κ3) is 3.56. The molecule has 2 aromatic rings. The molecule has 0 saturated carbocycles. The Morgan fingerprint density at radius 3 is 2.84 bits per heavy atom. The van der Waals surface area contributed by atoms with Crippen molar-refractivity contribution in [2.75, 3.05) is 13.1 Å². The van der Waals surface area contributed by atoms with Gasteiger partial charge in [0.15, 0.2) is 0 Å². The van der Waals surface area contributed by atoms with Gasteiger partial charge >= 0.3 is 5.97 Å². The summed E-state index contributed by atoms with van der Waals surface area (Å²) in [7, 11) is 0. The minimum absolute atomic E-state index is 0.228. The molecule has 0 bridgehead atoms. The summed E-state index contributed by atoms with van der Waals surface area (Å²) in [6, 6.07) is 6.81. The first kappa shape index (κ1) is 17.2. The quantitative estimate of drug-likeness (QED) is 0.860. The number of hydrogen-bond donors (Lipinski definition) is 2. The van der Waals surface area contributed by atoms with Gasteiger partial charge in [0.2, 0.25) is 5.91 Å². The molecule has 2 heterocycles. The third-order valence-electron chi connectivity index (χ3n) is 4.80. The molecule has 25 heavy (non-hydrogen) atoms. The van der Waals surface area contributed by atoms with E-state index < -0.39 is 11.4 Å². The van der Waals surface area contributed by atoms with E-state index >= 15 is 0 Å². The van der Waals surface area contributed by atoms with Crippen LogP contribution in [0.15, 0.2) is 36.8 Å². The molecule has 0 aliphatic carbocycles. The van der Waals surface area contributed by atoms with E-state index in [2.05, 4.69) is 9.88 Å². The van der Waals surface area contributed by atoms with Crippen molar-refractivity contribution in [3.05, 3.63) is 48.0 Å². The number of likely N-dealkylation sites (tertiary alicyclic amines) is 1. The van der Waals surface area contributed by atoms with Crippen LogP contribution in [0.25, 0.3) is 5.69 Å². The number of carbonyl (C=O) groups is 2. The van der Waals surface area contributed by atoms with E-state index in [-0.39, 0.29) is 11.5 Å². The maximum absolute atomic E-state index is 11.7. The van der Waals surface area contributed by atoms with E-state index in [0.29, 0.717) is 18.8 Å². The van der Waals surface area contributed by atoms with Gasteiger partial charge in [-0.25, -0.2) is 9.78 Å². The Morgan fingerprint density at radius 1 is 1.36 bits per heavy atom. The van der Waals surface area contributed by atoms with Gasteiger partial charge in [-0.05, 0) is 38.4 Å². The van der Waals surface area contributed by atoms with Crippen molar-refractivity contribution >= 4 is 11.9 Å². The van der Waals surface area contributed by atoms with Crippen LogP contribution in [0.4, 0.5) is 0 Å². The molecule has 1 atom stereocenters. The molecule has 132 valence electrons. The summed E-state index contributed by atoms with van der Waals surface area (Å²) >= 11 is 0. The highest BCUT2D eigenvalue weighted by Gasteiger charge is 2.36. The molecule has 1 aromatic heterocycles. The van der Waals surface area contributed by atoms with Gasteiger partial charge in [-0.1, -0.05) is 12.1 Å². The number of nitrogens with zero attached hydrogens (tertiary/aromatic N) is 3. The van der Waals surface area contributed by atoms with Crippen LogP contribution in [0.2, 0.25) is 0 Å². The van der Waals surface area contributed by atoms with Gasteiger partial charge in [0.25, 0.3) is 0 Å². The number of aromatic carboxylic acids is 1. The SMILES string of the molecule is C[C@@]1(C(N)=O)CCCN(Cc2cn(-c3ccccc3C(=O)O)cn2)C1. The number of nitrogens with two attached hydrogens (primary N) is 1. The fourth-order valence-corrected chi connectivity index (χ4v) is 3.37. The zero-order valence-corrected chi connectivity index (χ0v) is 14.2. The summed E-state index contributed by atoms with van der Waals surface area (Å²) < 4.78 is 1.72. The maximum Gasteiger partial charge on any atom is 0.337 e. The molecule has 3 N–H and O–H groups in total. The van der Waals surface area contributed by atoms with E-state index in [0.717, 1.165) is 25.1 Å². The van der Waals surface area contributed by atoms with E-state index in [4.69, 9.17) is 5.73 Å². The number of carbonyl (C=O) groups excluding carboxylic acids is 1. The Labute approximate surface area is 146 Å². The molecule has 0 spiro atoms. The van der Waals surface area contributed by atoms with Crippen molar-refractivity contribution in [3.8, 4) is 5.69 Å². The van der Waals surface area contributed by atoms with Crippen LogP contribution in [-0.2, 0) is 11.3 Å². The number of carboxylic acid groups (broad SMARTS) is 1. The molecule has 3 rings (SSSR count). The van der Waals surface area contributed by atoms with Gasteiger partial charge in [-0.3, -0.25) is 9.69 Å². The molecule has 1 aliphatic rings. The van der Waals surface area contributed by atoms with Gasteiger partial charge in [-0.2, -0.15) is 0 Å². The Morgan fingerprint density at radius 2 is 2.12 bits per heavy atom. The van der Waals surface area contributed by atoms with Crippen molar-refractivity contribution in [2.24, 2.45) is 11.1 Å². The van der Waals surface area contributed by atoms with Crippen molar-refractivity contribution < 1.29 is 14.7 Å². The fraction of sp³-hybridized carbons (Fsp3) is 0.389. The summed E-state index contributed by atoms with van der Waals surface area (Å²) in [5, 5.41) is 9.32. The number of imidazole rings is 1. The molecular weight excluding hydrogens is 320 g/mol. The van der Waals surface area contributed by atoms with E-state index in [1.165, 1.54) is 0 Å². The lowest BCUT2D eigenvalue weighted by atomic mass is 9.81. The van der Waals surface area contributed by atoms with Crippen LogP contribution in [0, 0.1) is 5.41 Å². The highest BCUT2D eigenvalue weighted by molar-refractivity contribution is 5.91. The number of amides is 1. The molecule has 0 unspecified atom stereocenters.